The zero-order chi connectivity index (χ0) is 22.9. The van der Waals surface area contributed by atoms with E-state index in [0.717, 1.165) is 27.2 Å². The monoisotopic (exact) mass is 439 g/mol. The van der Waals surface area contributed by atoms with Crippen molar-refractivity contribution in [3.05, 3.63) is 105 Å². The summed E-state index contributed by atoms with van der Waals surface area (Å²) in [6, 6.07) is 20.8. The fourth-order valence-corrected chi connectivity index (χ4v) is 6.19. The van der Waals surface area contributed by atoms with Gasteiger partial charge < -0.3 is 5.21 Å². The number of amides is 2. The van der Waals surface area contributed by atoms with E-state index in [2.05, 4.69) is 5.16 Å². The van der Waals surface area contributed by atoms with Crippen LogP contribution in [0.4, 0.5) is 11.4 Å². The number of nitrogens with zero attached hydrogens (tertiary/aromatic N) is 3. The summed E-state index contributed by atoms with van der Waals surface area (Å²) in [5, 5.41) is 24.8. The van der Waals surface area contributed by atoms with Crippen LogP contribution >= 0.6 is 0 Å². The number of rotatable bonds is 3. The van der Waals surface area contributed by atoms with Crippen molar-refractivity contribution in [3.8, 4) is 0 Å². The number of anilines is 1. The topological polar surface area (TPSA) is 113 Å². The maximum Gasteiger partial charge on any atom is 0.293 e. The van der Waals surface area contributed by atoms with Crippen LogP contribution in [0, 0.1) is 22.0 Å². The van der Waals surface area contributed by atoms with Gasteiger partial charge in [-0.3, -0.25) is 19.7 Å². The molecule has 3 aliphatic carbocycles. The summed E-state index contributed by atoms with van der Waals surface area (Å²) in [5.74, 6) is -3.08. The minimum Gasteiger partial charge on any atom is -0.411 e. The highest BCUT2D eigenvalue weighted by Gasteiger charge is 2.68. The van der Waals surface area contributed by atoms with Crippen molar-refractivity contribution < 1.29 is 19.7 Å². The molecule has 0 radical (unpaired) electrons. The summed E-state index contributed by atoms with van der Waals surface area (Å²) in [4.78, 5) is 39.8. The highest BCUT2D eigenvalue weighted by Crippen LogP contribution is 2.63. The lowest BCUT2D eigenvalue weighted by Gasteiger charge is -2.52. The number of nitro benzene ring substituents is 1. The van der Waals surface area contributed by atoms with Crippen LogP contribution in [0.3, 0.4) is 0 Å². The average Bonchev–Trinajstić information content (AvgIpc) is 3.10. The van der Waals surface area contributed by atoms with E-state index in [1.165, 1.54) is 24.4 Å². The van der Waals surface area contributed by atoms with Gasteiger partial charge in [-0.2, -0.15) is 0 Å². The highest BCUT2D eigenvalue weighted by atomic mass is 16.6. The van der Waals surface area contributed by atoms with Crippen molar-refractivity contribution >= 4 is 29.4 Å². The molecule has 2 amide bonds. The molecular formula is C25H17N3O5. The van der Waals surface area contributed by atoms with Crippen molar-refractivity contribution in [2.45, 2.75) is 11.3 Å². The number of carbonyl (C=O) groups excluding carboxylic acids is 2. The average molecular weight is 439 g/mol. The Labute approximate surface area is 187 Å². The van der Waals surface area contributed by atoms with Gasteiger partial charge >= 0.3 is 0 Å². The molecule has 0 aromatic heterocycles. The van der Waals surface area contributed by atoms with Gasteiger partial charge in [0.2, 0.25) is 11.8 Å². The van der Waals surface area contributed by atoms with E-state index in [1.54, 1.807) is 6.07 Å². The van der Waals surface area contributed by atoms with E-state index in [4.69, 9.17) is 0 Å². The van der Waals surface area contributed by atoms with Gasteiger partial charge in [-0.1, -0.05) is 60.7 Å². The number of benzene rings is 3. The third kappa shape index (κ3) is 2.22. The first-order valence-corrected chi connectivity index (χ1v) is 10.5. The molecule has 8 heteroatoms. The van der Waals surface area contributed by atoms with Gasteiger partial charge in [0.25, 0.3) is 5.69 Å². The normalized spacial score (nSPS) is 26.9. The number of hydrogen-bond donors (Lipinski definition) is 1. The molecule has 8 nitrogen and oxygen atoms in total. The zero-order valence-corrected chi connectivity index (χ0v) is 17.2. The third-order valence-electron chi connectivity index (χ3n) is 7.26. The number of nitro groups is 1. The van der Waals surface area contributed by atoms with E-state index < -0.39 is 34.0 Å². The van der Waals surface area contributed by atoms with Crippen LogP contribution in [0.15, 0.2) is 78.0 Å². The number of para-hydroxylation sites is 2. The maximum absolute atomic E-state index is 14.0. The fraction of sp³-hybridized carbons (Fsp3) is 0.160. The molecule has 0 unspecified atom stereocenters. The van der Waals surface area contributed by atoms with Crippen LogP contribution in [0.2, 0.25) is 0 Å². The molecule has 1 heterocycles. The van der Waals surface area contributed by atoms with Gasteiger partial charge in [0.05, 0.1) is 28.4 Å². The van der Waals surface area contributed by atoms with Crippen LogP contribution in [-0.4, -0.2) is 28.2 Å². The van der Waals surface area contributed by atoms with E-state index in [0.29, 0.717) is 0 Å². The van der Waals surface area contributed by atoms with Gasteiger partial charge in [-0.25, -0.2) is 4.90 Å². The van der Waals surface area contributed by atoms with E-state index in [1.807, 2.05) is 48.5 Å². The van der Waals surface area contributed by atoms with Crippen LogP contribution in [0.1, 0.15) is 28.2 Å². The SMILES string of the molecule is O=C1[C@@H]2[C@@H](C(=O)N1c1ccccc1[N+](=O)[O-])C1c3ccccc3C2(/C=N\O)c2ccccc21. The molecule has 1 saturated heterocycles. The van der Waals surface area contributed by atoms with Crippen molar-refractivity contribution in [2.75, 3.05) is 4.90 Å². The number of imide groups is 1. The second-order valence-electron chi connectivity index (χ2n) is 8.53. The first-order valence-electron chi connectivity index (χ1n) is 10.5. The van der Waals surface area contributed by atoms with Crippen molar-refractivity contribution in [1.29, 1.82) is 0 Å². The Kier molecular flexibility index (Phi) is 3.86. The van der Waals surface area contributed by atoms with Gasteiger partial charge in [-0.15, -0.1) is 5.16 Å². The fourth-order valence-electron chi connectivity index (χ4n) is 6.19. The Morgan fingerprint density at radius 2 is 1.48 bits per heavy atom. The standard InChI is InChI=1S/C25H17N3O5/c29-23-21-20-14-7-1-3-9-16(14)25(13-26-31,17-10-4-2-8-15(17)20)22(21)24(30)27(23)18-11-5-6-12-19(18)28(32)33/h1-13,20-22,31H/b26-13-/t20?,21-,22-,25?/m0/s1. The summed E-state index contributed by atoms with van der Waals surface area (Å²) < 4.78 is 0. The molecule has 4 aliphatic rings. The molecule has 3 aromatic rings. The van der Waals surface area contributed by atoms with E-state index in [-0.39, 0.29) is 17.3 Å². The van der Waals surface area contributed by atoms with Gasteiger partial charge in [0.1, 0.15) is 5.69 Å². The molecule has 2 atom stereocenters. The summed E-state index contributed by atoms with van der Waals surface area (Å²) in [5.41, 5.74) is 1.86. The number of carbonyl (C=O) groups is 2. The first-order chi connectivity index (χ1) is 16.0. The van der Waals surface area contributed by atoms with Crippen molar-refractivity contribution in [3.63, 3.8) is 0 Å². The van der Waals surface area contributed by atoms with Crippen molar-refractivity contribution in [1.82, 2.24) is 0 Å². The van der Waals surface area contributed by atoms with Crippen LogP contribution in [0.25, 0.3) is 0 Å². The number of hydrogen-bond acceptors (Lipinski definition) is 6. The maximum atomic E-state index is 14.0. The quantitative estimate of drug-likeness (QED) is 0.220. The predicted octanol–water partition coefficient (Wildman–Crippen LogP) is 3.61. The second-order valence-corrected chi connectivity index (χ2v) is 8.53. The first kappa shape index (κ1) is 19.4. The molecule has 162 valence electrons. The van der Waals surface area contributed by atoms with Crippen LogP contribution < -0.4 is 4.90 Å². The van der Waals surface area contributed by atoms with Crippen LogP contribution in [-0.2, 0) is 15.0 Å². The molecule has 1 N–H and O–H groups in total. The highest BCUT2D eigenvalue weighted by molar-refractivity contribution is 6.25. The summed E-state index contributed by atoms with van der Waals surface area (Å²) in [6.45, 7) is 0. The Bertz CT molecular complexity index is 1350. The second kappa shape index (κ2) is 6.59. The zero-order valence-electron chi connectivity index (χ0n) is 17.2. The minimum absolute atomic E-state index is 0.0458. The number of oxime groups is 1. The lowest BCUT2D eigenvalue weighted by molar-refractivity contribution is -0.384. The largest absolute Gasteiger partial charge is 0.411 e. The lowest BCUT2D eigenvalue weighted by atomic mass is 9.47. The molecule has 33 heavy (non-hydrogen) atoms. The van der Waals surface area contributed by atoms with E-state index in [9.17, 15) is 24.9 Å². The Balaban J connectivity index is 1.66. The summed E-state index contributed by atoms with van der Waals surface area (Å²) in [6.07, 6.45) is 1.34. The molecule has 3 aromatic carbocycles. The summed E-state index contributed by atoms with van der Waals surface area (Å²) >= 11 is 0. The Morgan fingerprint density at radius 1 is 0.909 bits per heavy atom. The Morgan fingerprint density at radius 3 is 2.09 bits per heavy atom. The molecule has 7 rings (SSSR count). The summed E-state index contributed by atoms with van der Waals surface area (Å²) in [7, 11) is 0. The van der Waals surface area contributed by atoms with E-state index >= 15 is 0 Å². The molecule has 1 aliphatic heterocycles. The Hall–Kier alpha value is -4.33. The molecule has 2 bridgehead atoms. The smallest absolute Gasteiger partial charge is 0.293 e. The molecule has 1 fully saturated rings. The van der Waals surface area contributed by atoms with Gasteiger partial charge in [-0.05, 0) is 28.3 Å². The lowest BCUT2D eigenvalue weighted by Crippen LogP contribution is -2.54. The van der Waals surface area contributed by atoms with Gasteiger partial charge in [0.15, 0.2) is 0 Å². The third-order valence-corrected chi connectivity index (χ3v) is 7.26. The minimum atomic E-state index is -1.17. The van der Waals surface area contributed by atoms with Crippen molar-refractivity contribution in [2.24, 2.45) is 17.0 Å². The molecule has 0 saturated carbocycles. The van der Waals surface area contributed by atoms with Crippen LogP contribution in [0.5, 0.6) is 0 Å². The molecule has 0 spiro atoms. The molecular weight excluding hydrogens is 422 g/mol. The van der Waals surface area contributed by atoms with Gasteiger partial charge in [0, 0.05) is 12.0 Å². The predicted molar refractivity (Wildman–Crippen MR) is 118 cm³/mol.